The molecule has 4 fully saturated rings. The van der Waals surface area contributed by atoms with Gasteiger partial charge in [0.25, 0.3) is 0 Å². The fourth-order valence-corrected chi connectivity index (χ4v) is 6.73. The van der Waals surface area contributed by atoms with Gasteiger partial charge in [0.15, 0.2) is 0 Å². The van der Waals surface area contributed by atoms with Gasteiger partial charge in [-0.2, -0.15) is 13.2 Å². The van der Waals surface area contributed by atoms with Crippen LogP contribution in [0.2, 0.25) is 0 Å². The molecule has 4 aliphatic carbocycles. The number of hydrogen-bond acceptors (Lipinski definition) is 3. The average molecular weight is 489 g/mol. The van der Waals surface area contributed by atoms with Gasteiger partial charge in [-0.25, -0.2) is 0 Å². The van der Waals surface area contributed by atoms with Gasteiger partial charge in [0.05, 0.1) is 17.3 Å². The zero-order valence-corrected chi connectivity index (χ0v) is 21.3. The van der Waals surface area contributed by atoms with Crippen LogP contribution in [0.1, 0.15) is 96.2 Å². The molecule has 1 N–H and O–H groups in total. The third-order valence-corrected chi connectivity index (χ3v) is 9.10. The monoisotopic (exact) mass is 488 g/mol. The van der Waals surface area contributed by atoms with Crippen LogP contribution in [0.4, 0.5) is 13.2 Å². The minimum absolute atomic E-state index is 0.0604. The van der Waals surface area contributed by atoms with Crippen molar-refractivity contribution < 1.29 is 17.9 Å². The minimum Gasteiger partial charge on any atom is -0.490 e. The first-order valence-corrected chi connectivity index (χ1v) is 13.4. The highest BCUT2D eigenvalue weighted by molar-refractivity contribution is 5.85. The lowest BCUT2D eigenvalue weighted by Gasteiger charge is -2.47. The number of nitrogens with zero attached hydrogens (tertiary/aromatic N) is 1. The van der Waals surface area contributed by atoms with Gasteiger partial charge in [0.1, 0.15) is 11.3 Å². The summed E-state index contributed by atoms with van der Waals surface area (Å²) in [6, 6.07) is 6.50. The summed E-state index contributed by atoms with van der Waals surface area (Å²) in [4.78, 5) is 4.62. The number of benzene rings is 1. The third-order valence-electron chi connectivity index (χ3n) is 9.10. The first-order chi connectivity index (χ1) is 16.5. The van der Waals surface area contributed by atoms with Crippen molar-refractivity contribution in [1.82, 2.24) is 10.3 Å². The van der Waals surface area contributed by atoms with Gasteiger partial charge >= 0.3 is 6.18 Å². The minimum atomic E-state index is -4.50. The number of alkyl halides is 3. The Hall–Kier alpha value is -1.82. The van der Waals surface area contributed by atoms with Crippen molar-refractivity contribution in [2.24, 2.45) is 17.3 Å². The van der Waals surface area contributed by atoms with Gasteiger partial charge in [0, 0.05) is 17.5 Å². The second kappa shape index (κ2) is 9.24. The number of nitrogens with one attached hydrogen (secondary N) is 1. The van der Waals surface area contributed by atoms with E-state index < -0.39 is 11.7 Å². The van der Waals surface area contributed by atoms with E-state index in [1.54, 1.807) is 18.2 Å². The summed E-state index contributed by atoms with van der Waals surface area (Å²) in [6.45, 7) is 7.30. The normalized spacial score (nSPS) is 29.5. The molecule has 0 saturated heterocycles. The van der Waals surface area contributed by atoms with Crippen molar-refractivity contribution in [1.29, 1.82) is 0 Å². The van der Waals surface area contributed by atoms with E-state index in [1.165, 1.54) is 44.6 Å². The fourth-order valence-electron chi connectivity index (χ4n) is 6.73. The Morgan fingerprint density at radius 2 is 1.57 bits per heavy atom. The Morgan fingerprint density at radius 3 is 2.17 bits per heavy atom. The molecule has 0 aliphatic heterocycles. The number of rotatable bonds is 5. The van der Waals surface area contributed by atoms with Gasteiger partial charge in [-0.3, -0.25) is 4.98 Å². The number of halogens is 3. The van der Waals surface area contributed by atoms with Gasteiger partial charge in [-0.1, -0.05) is 26.8 Å². The molecular weight excluding hydrogens is 449 g/mol. The van der Waals surface area contributed by atoms with Gasteiger partial charge in [0.2, 0.25) is 0 Å². The highest BCUT2D eigenvalue weighted by Gasteiger charge is 2.40. The smallest absolute Gasteiger partial charge is 0.420 e. The number of fused-ring (bicyclic) bond motifs is 4. The average Bonchev–Trinajstić information content (AvgIpc) is 2.83. The summed E-state index contributed by atoms with van der Waals surface area (Å²) in [6.07, 6.45) is 6.34. The van der Waals surface area contributed by atoms with Crippen molar-refractivity contribution in [2.45, 2.75) is 109 Å². The Balaban J connectivity index is 1.33. The molecule has 4 aliphatic rings. The van der Waals surface area contributed by atoms with E-state index in [2.05, 4.69) is 31.1 Å². The zero-order chi connectivity index (χ0) is 24.8. The Labute approximate surface area is 207 Å². The van der Waals surface area contributed by atoms with Crippen LogP contribution < -0.4 is 10.1 Å². The quantitative estimate of drug-likeness (QED) is 0.462. The van der Waals surface area contributed by atoms with Crippen LogP contribution in [-0.2, 0) is 12.7 Å². The number of hydrogen-bond donors (Lipinski definition) is 1. The standard InChI is InChI=1S/C29H39F3N2O/c1-27(2,3)20-4-7-22(8-5-20)35-25-11-10-24-23(26(25)29(30,31)32)9-6-21(34-24)18-33-28-15-12-19(13-16-28)14-17-28/h6,9-11,19-20,22,33H,4-5,7-8,12-18H2,1-3H3. The Bertz CT molecular complexity index is 1030. The number of ether oxygens (including phenoxy) is 1. The molecule has 6 heteroatoms. The van der Waals surface area contributed by atoms with Crippen LogP contribution in [0, 0.1) is 17.3 Å². The molecule has 1 aromatic carbocycles. The molecule has 4 saturated carbocycles. The molecule has 2 aromatic rings. The van der Waals surface area contributed by atoms with E-state index in [1.807, 2.05) is 0 Å². The highest BCUT2D eigenvalue weighted by Crippen LogP contribution is 2.45. The SMILES string of the molecule is CC(C)(C)C1CCC(Oc2ccc3nc(CNC45CCC(CC4)CC5)ccc3c2C(F)(F)F)CC1. The molecule has 192 valence electrons. The van der Waals surface area contributed by atoms with E-state index in [0.717, 1.165) is 37.3 Å². The van der Waals surface area contributed by atoms with Crippen LogP contribution in [0.3, 0.4) is 0 Å². The summed E-state index contributed by atoms with van der Waals surface area (Å²) in [5, 5.41) is 3.84. The van der Waals surface area contributed by atoms with Crippen LogP contribution >= 0.6 is 0 Å². The van der Waals surface area contributed by atoms with Crippen molar-refractivity contribution in [3.8, 4) is 5.75 Å². The molecule has 2 bridgehead atoms. The molecule has 1 aromatic heterocycles. The van der Waals surface area contributed by atoms with Gasteiger partial charge in [-0.15, -0.1) is 0 Å². The maximum Gasteiger partial charge on any atom is 0.420 e. The van der Waals surface area contributed by atoms with Crippen molar-refractivity contribution in [3.63, 3.8) is 0 Å². The lowest BCUT2D eigenvalue weighted by atomic mass is 9.66. The second-order valence-corrected chi connectivity index (χ2v) is 12.4. The summed E-state index contributed by atoms with van der Waals surface area (Å²) < 4.78 is 48.7. The molecule has 0 radical (unpaired) electrons. The molecule has 35 heavy (non-hydrogen) atoms. The molecule has 3 nitrogen and oxygen atoms in total. The predicted molar refractivity (Wildman–Crippen MR) is 133 cm³/mol. The topological polar surface area (TPSA) is 34.1 Å². The van der Waals surface area contributed by atoms with Crippen molar-refractivity contribution in [3.05, 3.63) is 35.5 Å². The summed E-state index contributed by atoms with van der Waals surface area (Å²) in [5.41, 5.74) is 0.891. The summed E-state index contributed by atoms with van der Waals surface area (Å²) in [5.74, 6) is 1.42. The van der Waals surface area contributed by atoms with Crippen LogP contribution in [0.25, 0.3) is 10.9 Å². The zero-order valence-electron chi connectivity index (χ0n) is 21.3. The number of pyridine rings is 1. The van der Waals surface area contributed by atoms with Crippen LogP contribution in [-0.4, -0.2) is 16.6 Å². The van der Waals surface area contributed by atoms with E-state index in [-0.39, 0.29) is 28.2 Å². The van der Waals surface area contributed by atoms with E-state index in [9.17, 15) is 13.2 Å². The van der Waals surface area contributed by atoms with Gasteiger partial charge < -0.3 is 10.1 Å². The largest absolute Gasteiger partial charge is 0.490 e. The fraction of sp³-hybridized carbons (Fsp3) is 0.690. The van der Waals surface area contributed by atoms with E-state index in [4.69, 9.17) is 4.74 Å². The molecule has 0 spiro atoms. The molecule has 1 heterocycles. The Morgan fingerprint density at radius 1 is 0.914 bits per heavy atom. The van der Waals surface area contributed by atoms with Crippen LogP contribution in [0.5, 0.6) is 5.75 Å². The third kappa shape index (κ3) is 5.33. The summed E-state index contributed by atoms with van der Waals surface area (Å²) in [7, 11) is 0. The molecule has 0 unspecified atom stereocenters. The lowest BCUT2D eigenvalue weighted by Crippen LogP contribution is -2.51. The molecule has 0 atom stereocenters. The number of aromatic nitrogens is 1. The molecule has 6 rings (SSSR count). The summed E-state index contributed by atoms with van der Waals surface area (Å²) >= 11 is 0. The first-order valence-electron chi connectivity index (χ1n) is 13.4. The van der Waals surface area contributed by atoms with Gasteiger partial charge in [-0.05, 0) is 99.7 Å². The first kappa shape index (κ1) is 24.9. The Kier molecular flexibility index (Phi) is 6.56. The van der Waals surface area contributed by atoms with Crippen molar-refractivity contribution in [2.75, 3.05) is 0 Å². The molecular formula is C29H39F3N2O. The maximum atomic E-state index is 14.2. The second-order valence-electron chi connectivity index (χ2n) is 12.4. The van der Waals surface area contributed by atoms with Crippen LogP contribution in [0.15, 0.2) is 24.3 Å². The van der Waals surface area contributed by atoms with E-state index >= 15 is 0 Å². The van der Waals surface area contributed by atoms with E-state index in [0.29, 0.717) is 18.0 Å². The predicted octanol–water partition coefficient (Wildman–Crippen LogP) is 8.05. The maximum absolute atomic E-state index is 14.2. The van der Waals surface area contributed by atoms with Crippen molar-refractivity contribution >= 4 is 10.9 Å². The molecule has 0 amide bonds. The highest BCUT2D eigenvalue weighted by atomic mass is 19.4. The lowest BCUT2D eigenvalue weighted by molar-refractivity contribution is -0.138.